The largest absolute Gasteiger partial charge is 0.405 e. The molecule has 4 rings (SSSR count). The second-order valence-corrected chi connectivity index (χ2v) is 12.1. The number of benzene rings is 1. The van der Waals surface area contributed by atoms with E-state index in [4.69, 9.17) is 17.3 Å². The zero-order chi connectivity index (χ0) is 28.7. The number of alkyl halides is 3. The summed E-state index contributed by atoms with van der Waals surface area (Å²) in [5, 5.41) is 6.36. The summed E-state index contributed by atoms with van der Waals surface area (Å²) in [5.41, 5.74) is 7.11. The average molecular weight is 586 g/mol. The van der Waals surface area contributed by atoms with Crippen molar-refractivity contribution >= 4 is 23.5 Å². The quantitative estimate of drug-likeness (QED) is 0.400. The summed E-state index contributed by atoms with van der Waals surface area (Å²) >= 11 is 6.07. The molecule has 3 aliphatic rings. The van der Waals surface area contributed by atoms with Crippen LogP contribution < -0.4 is 16.4 Å². The molecule has 0 radical (unpaired) electrons. The van der Waals surface area contributed by atoms with Crippen LogP contribution in [0.4, 0.5) is 18.0 Å². The van der Waals surface area contributed by atoms with E-state index in [1.165, 1.54) is 0 Å². The zero-order valence-corrected chi connectivity index (χ0v) is 23.9. The number of rotatable bonds is 8. The summed E-state index contributed by atoms with van der Waals surface area (Å²) < 4.78 is 38.5. The van der Waals surface area contributed by atoms with E-state index in [-0.39, 0.29) is 30.1 Å². The van der Waals surface area contributed by atoms with Gasteiger partial charge in [0.1, 0.15) is 6.54 Å². The molecule has 4 N–H and O–H groups in total. The van der Waals surface area contributed by atoms with E-state index in [2.05, 4.69) is 10.6 Å². The molecule has 3 fully saturated rings. The third kappa shape index (κ3) is 8.98. The lowest BCUT2D eigenvalue weighted by molar-refractivity contribution is -0.135. The predicted molar refractivity (Wildman–Crippen MR) is 150 cm³/mol. The maximum Gasteiger partial charge on any atom is 0.405 e. The van der Waals surface area contributed by atoms with Crippen LogP contribution in [0.1, 0.15) is 76.2 Å². The van der Waals surface area contributed by atoms with E-state index < -0.39 is 24.8 Å². The fourth-order valence-corrected chi connectivity index (χ4v) is 6.61. The standard InChI is InChI=1S/C29H43ClF3N5O2/c30-21-8-6-20(7-9-21)18-26(36-23-12-10-22(34)11-13-23)27(39)37-16-14-25(15-17-37)38(24-4-2-1-3-5-24)28(40)35-19-29(31,32)33/h6-9,22-26,36H,1-5,10-19,34H2,(H,35,40)/t22?,23?,26-/m0/s1. The maximum absolute atomic E-state index is 13.8. The Kier molecular flexibility index (Phi) is 11.0. The first-order chi connectivity index (χ1) is 19.1. The van der Waals surface area contributed by atoms with Crippen LogP contribution in [0.25, 0.3) is 0 Å². The van der Waals surface area contributed by atoms with E-state index in [1.54, 1.807) is 4.90 Å². The molecular formula is C29H43ClF3N5O2. The minimum Gasteiger partial charge on any atom is -0.341 e. The molecule has 0 spiro atoms. The van der Waals surface area contributed by atoms with E-state index in [0.717, 1.165) is 63.4 Å². The van der Waals surface area contributed by atoms with Gasteiger partial charge in [0.2, 0.25) is 5.91 Å². The number of nitrogens with one attached hydrogen (secondary N) is 2. The molecule has 0 unspecified atom stereocenters. The smallest absolute Gasteiger partial charge is 0.341 e. The Hall–Kier alpha value is -2.04. The minimum absolute atomic E-state index is 0.0222. The van der Waals surface area contributed by atoms with Gasteiger partial charge in [-0.3, -0.25) is 4.79 Å². The number of amides is 3. The summed E-state index contributed by atoms with van der Waals surface area (Å²) in [6.07, 6.45) is 5.51. The second-order valence-electron chi connectivity index (χ2n) is 11.7. The molecule has 1 saturated heterocycles. The Balaban J connectivity index is 1.41. The first-order valence-electron chi connectivity index (χ1n) is 14.8. The Bertz CT molecular complexity index is 957. The number of hydrogen-bond acceptors (Lipinski definition) is 4. The first kappa shape index (κ1) is 30.9. The highest BCUT2D eigenvalue weighted by molar-refractivity contribution is 6.30. The first-order valence-corrected chi connectivity index (χ1v) is 15.1. The van der Waals surface area contributed by atoms with Crippen LogP contribution in [-0.2, 0) is 11.2 Å². The summed E-state index contributed by atoms with van der Waals surface area (Å²) in [7, 11) is 0. The van der Waals surface area contributed by atoms with E-state index in [9.17, 15) is 22.8 Å². The van der Waals surface area contributed by atoms with Crippen LogP contribution >= 0.6 is 11.6 Å². The molecule has 224 valence electrons. The van der Waals surface area contributed by atoms with Gasteiger partial charge in [-0.2, -0.15) is 13.2 Å². The Morgan fingerprint density at radius 2 is 1.55 bits per heavy atom. The molecule has 11 heteroatoms. The number of carbonyl (C=O) groups excluding carboxylic acids is 2. The highest BCUT2D eigenvalue weighted by Crippen LogP contribution is 2.29. The van der Waals surface area contributed by atoms with Crippen molar-refractivity contribution in [2.24, 2.45) is 5.73 Å². The molecule has 0 aromatic heterocycles. The van der Waals surface area contributed by atoms with Crippen LogP contribution in [-0.4, -0.2) is 77.8 Å². The lowest BCUT2D eigenvalue weighted by Gasteiger charge is -2.44. The fraction of sp³-hybridized carbons (Fsp3) is 0.724. The van der Waals surface area contributed by atoms with Crippen LogP contribution in [0, 0.1) is 0 Å². The maximum atomic E-state index is 13.8. The fourth-order valence-electron chi connectivity index (χ4n) is 6.49. The van der Waals surface area contributed by atoms with Crippen LogP contribution in [0.2, 0.25) is 5.02 Å². The number of nitrogens with two attached hydrogens (primary N) is 1. The number of likely N-dealkylation sites (tertiary alicyclic amines) is 1. The molecule has 40 heavy (non-hydrogen) atoms. The number of halogens is 4. The van der Waals surface area contributed by atoms with Gasteiger partial charge in [0.15, 0.2) is 0 Å². The van der Waals surface area contributed by atoms with E-state index >= 15 is 0 Å². The number of nitrogens with zero attached hydrogens (tertiary/aromatic N) is 2. The molecular weight excluding hydrogens is 543 g/mol. The van der Waals surface area contributed by atoms with Crippen molar-refractivity contribution in [3.63, 3.8) is 0 Å². The third-order valence-corrected chi connectivity index (χ3v) is 8.92. The van der Waals surface area contributed by atoms with Gasteiger partial charge in [-0.25, -0.2) is 4.79 Å². The molecule has 1 aromatic carbocycles. The van der Waals surface area contributed by atoms with Crippen LogP contribution in [0.5, 0.6) is 0 Å². The Morgan fingerprint density at radius 1 is 0.950 bits per heavy atom. The number of carbonyl (C=O) groups is 2. The van der Waals surface area contributed by atoms with Crippen molar-refractivity contribution in [3.05, 3.63) is 34.9 Å². The topological polar surface area (TPSA) is 90.7 Å². The van der Waals surface area contributed by atoms with Gasteiger partial charge in [0.05, 0.1) is 6.04 Å². The second kappa shape index (κ2) is 14.2. The zero-order valence-electron chi connectivity index (χ0n) is 23.1. The van der Waals surface area contributed by atoms with E-state index in [0.29, 0.717) is 37.4 Å². The van der Waals surface area contributed by atoms with E-state index in [1.807, 2.05) is 29.2 Å². The van der Waals surface area contributed by atoms with Gasteiger partial charge < -0.3 is 26.2 Å². The van der Waals surface area contributed by atoms with Gasteiger partial charge in [0.25, 0.3) is 0 Å². The summed E-state index contributed by atoms with van der Waals surface area (Å²) in [6, 6.07) is 6.66. The molecule has 2 aliphatic carbocycles. The van der Waals surface area contributed by atoms with Crippen molar-refractivity contribution in [1.29, 1.82) is 0 Å². The van der Waals surface area contributed by atoms with Crippen molar-refractivity contribution in [1.82, 2.24) is 20.4 Å². The van der Waals surface area contributed by atoms with Crippen molar-refractivity contribution < 1.29 is 22.8 Å². The average Bonchev–Trinajstić information content (AvgIpc) is 2.94. The number of hydrogen-bond donors (Lipinski definition) is 3. The minimum atomic E-state index is -4.46. The van der Waals surface area contributed by atoms with Gasteiger partial charge in [-0.15, -0.1) is 0 Å². The molecule has 3 amide bonds. The van der Waals surface area contributed by atoms with Gasteiger partial charge in [0, 0.05) is 42.3 Å². The Labute approximate surface area is 240 Å². The van der Waals surface area contributed by atoms with Crippen LogP contribution in [0.3, 0.4) is 0 Å². The summed E-state index contributed by atoms with van der Waals surface area (Å²) in [6.45, 7) is -0.405. The monoisotopic (exact) mass is 585 g/mol. The third-order valence-electron chi connectivity index (χ3n) is 8.67. The number of piperidine rings is 1. The summed E-state index contributed by atoms with van der Waals surface area (Å²) in [4.78, 5) is 30.3. The van der Waals surface area contributed by atoms with Crippen molar-refractivity contribution in [3.8, 4) is 0 Å². The SMILES string of the molecule is NC1CCC(N[C@@H](Cc2ccc(Cl)cc2)C(=O)N2CCC(N(C(=O)NCC(F)(F)F)C3CCCCC3)CC2)CC1. The normalized spacial score (nSPS) is 24.0. The highest BCUT2D eigenvalue weighted by Gasteiger charge is 2.38. The number of urea groups is 1. The van der Waals surface area contributed by atoms with Gasteiger partial charge >= 0.3 is 12.2 Å². The molecule has 7 nitrogen and oxygen atoms in total. The molecule has 1 atom stereocenters. The van der Waals surface area contributed by atoms with Crippen molar-refractivity contribution in [2.45, 2.75) is 113 Å². The van der Waals surface area contributed by atoms with Crippen LogP contribution in [0.15, 0.2) is 24.3 Å². The molecule has 1 aliphatic heterocycles. The van der Waals surface area contributed by atoms with Gasteiger partial charge in [-0.05, 0) is 75.5 Å². The van der Waals surface area contributed by atoms with Gasteiger partial charge in [-0.1, -0.05) is 43.0 Å². The summed E-state index contributed by atoms with van der Waals surface area (Å²) in [5.74, 6) is 0.0222. The molecule has 1 heterocycles. The highest BCUT2D eigenvalue weighted by atomic mass is 35.5. The van der Waals surface area contributed by atoms with Crippen molar-refractivity contribution in [2.75, 3.05) is 19.6 Å². The lowest BCUT2D eigenvalue weighted by Crippen LogP contribution is -2.58. The predicted octanol–water partition coefficient (Wildman–Crippen LogP) is 5.01. The molecule has 2 saturated carbocycles. The lowest BCUT2D eigenvalue weighted by atomic mass is 9.90. The molecule has 0 bridgehead atoms. The Morgan fingerprint density at radius 3 is 2.15 bits per heavy atom. The molecule has 1 aromatic rings.